The van der Waals surface area contributed by atoms with Gasteiger partial charge in [0.25, 0.3) is 0 Å². The van der Waals surface area contributed by atoms with Gasteiger partial charge in [-0.15, -0.1) is 5.10 Å². The van der Waals surface area contributed by atoms with Crippen LogP contribution in [0.2, 0.25) is 0 Å². The molecule has 0 saturated carbocycles. The van der Waals surface area contributed by atoms with Gasteiger partial charge in [0.05, 0.1) is 11.8 Å². The predicted molar refractivity (Wildman–Crippen MR) is 74.2 cm³/mol. The van der Waals surface area contributed by atoms with Gasteiger partial charge in [-0.05, 0) is 40.5 Å². The van der Waals surface area contributed by atoms with Crippen LogP contribution in [-0.2, 0) is 6.54 Å². The summed E-state index contributed by atoms with van der Waals surface area (Å²) in [6.45, 7) is 1.56. The highest BCUT2D eigenvalue weighted by Gasteiger charge is 2.06. The minimum Gasteiger partial charge on any atom is -0.478 e. The number of hydrogen-bond acceptors (Lipinski definition) is 4. The second kappa shape index (κ2) is 6.33. The lowest BCUT2D eigenvalue weighted by molar-refractivity contribution is 0.0697. The molecule has 0 aliphatic rings. The third kappa shape index (κ3) is 3.78. The van der Waals surface area contributed by atoms with Crippen molar-refractivity contribution in [2.45, 2.75) is 13.0 Å². The minimum atomic E-state index is -0.932. The Hall–Kier alpha value is -1.89. The Morgan fingerprint density at radius 2 is 2.32 bits per heavy atom. The molecule has 2 N–H and O–H groups in total. The number of rotatable bonds is 6. The van der Waals surface area contributed by atoms with E-state index < -0.39 is 5.97 Å². The molecule has 0 aliphatic heterocycles. The van der Waals surface area contributed by atoms with E-state index >= 15 is 0 Å². The number of aryl methyl sites for hydroxylation is 1. The normalized spacial score (nSPS) is 10.4. The molecule has 0 saturated heterocycles. The van der Waals surface area contributed by atoms with Crippen LogP contribution in [0.1, 0.15) is 16.8 Å². The number of aromatic carboxylic acids is 1. The van der Waals surface area contributed by atoms with Gasteiger partial charge in [0, 0.05) is 29.4 Å². The third-order valence-electron chi connectivity index (χ3n) is 2.57. The maximum atomic E-state index is 10.8. The van der Waals surface area contributed by atoms with E-state index in [0.717, 1.165) is 29.7 Å². The maximum Gasteiger partial charge on any atom is 0.335 e. The zero-order chi connectivity index (χ0) is 13.7. The van der Waals surface area contributed by atoms with Crippen molar-refractivity contribution in [3.8, 4) is 0 Å². The summed E-state index contributed by atoms with van der Waals surface area (Å²) < 4.78 is 2.51. The van der Waals surface area contributed by atoms with E-state index in [1.807, 2.05) is 6.20 Å². The molecular formula is C12H13BrN4O2. The number of hydrogen-bond donors (Lipinski definition) is 2. The first-order valence-corrected chi connectivity index (χ1v) is 6.57. The first kappa shape index (κ1) is 13.5. The summed E-state index contributed by atoms with van der Waals surface area (Å²) >= 11 is 3.35. The Morgan fingerprint density at radius 3 is 2.95 bits per heavy atom. The van der Waals surface area contributed by atoms with Gasteiger partial charge in [-0.25, -0.2) is 4.79 Å². The molecule has 0 aliphatic carbocycles. The van der Waals surface area contributed by atoms with Crippen molar-refractivity contribution in [2.75, 3.05) is 11.9 Å². The van der Waals surface area contributed by atoms with Gasteiger partial charge >= 0.3 is 5.97 Å². The molecular weight excluding hydrogens is 312 g/mol. The van der Waals surface area contributed by atoms with Crippen LogP contribution in [-0.4, -0.2) is 32.6 Å². The predicted octanol–water partition coefficient (Wildman–Crippen LogP) is 2.24. The van der Waals surface area contributed by atoms with Crippen molar-refractivity contribution >= 4 is 27.6 Å². The fourth-order valence-corrected chi connectivity index (χ4v) is 2.13. The highest BCUT2D eigenvalue weighted by atomic mass is 79.9. The second-order valence-electron chi connectivity index (χ2n) is 3.95. The first-order valence-electron chi connectivity index (χ1n) is 5.77. The van der Waals surface area contributed by atoms with Crippen molar-refractivity contribution < 1.29 is 9.90 Å². The van der Waals surface area contributed by atoms with Crippen molar-refractivity contribution in [2.24, 2.45) is 0 Å². The molecule has 2 aromatic rings. The molecule has 0 amide bonds. The molecule has 0 radical (unpaired) electrons. The van der Waals surface area contributed by atoms with Gasteiger partial charge < -0.3 is 10.4 Å². The number of carboxylic acid groups (broad SMARTS) is 1. The second-order valence-corrected chi connectivity index (χ2v) is 4.80. The zero-order valence-electron chi connectivity index (χ0n) is 10.1. The van der Waals surface area contributed by atoms with E-state index in [-0.39, 0.29) is 5.56 Å². The summed E-state index contributed by atoms with van der Waals surface area (Å²) in [6.07, 6.45) is 4.36. The van der Waals surface area contributed by atoms with Crippen molar-refractivity contribution in [1.82, 2.24) is 15.0 Å². The Balaban J connectivity index is 1.84. The molecule has 1 aromatic heterocycles. The number of anilines is 1. The van der Waals surface area contributed by atoms with E-state index in [1.165, 1.54) is 0 Å². The van der Waals surface area contributed by atoms with E-state index in [4.69, 9.17) is 5.11 Å². The molecule has 0 bridgehead atoms. The molecule has 6 nitrogen and oxygen atoms in total. The van der Waals surface area contributed by atoms with Crippen LogP contribution >= 0.6 is 15.9 Å². The Morgan fingerprint density at radius 1 is 1.47 bits per heavy atom. The molecule has 2 rings (SSSR count). The smallest absolute Gasteiger partial charge is 0.335 e. The van der Waals surface area contributed by atoms with Gasteiger partial charge in [0.15, 0.2) is 0 Å². The number of benzene rings is 1. The summed E-state index contributed by atoms with van der Waals surface area (Å²) in [5.74, 6) is -0.932. The standard InChI is InChI=1S/C12H13BrN4O2/c13-10-8-9(12(18)19)2-3-11(10)14-4-1-6-17-7-5-15-16-17/h2-3,5,7-8,14H,1,4,6H2,(H,18,19). The minimum absolute atomic E-state index is 0.264. The van der Waals surface area contributed by atoms with Crippen LogP contribution in [0.15, 0.2) is 35.1 Å². The Labute approximate surface area is 118 Å². The molecule has 0 spiro atoms. The van der Waals surface area contributed by atoms with Crippen LogP contribution in [0.5, 0.6) is 0 Å². The van der Waals surface area contributed by atoms with Gasteiger partial charge in [-0.2, -0.15) is 0 Å². The topological polar surface area (TPSA) is 80.0 Å². The van der Waals surface area contributed by atoms with Gasteiger partial charge in [-0.1, -0.05) is 5.21 Å². The summed E-state index contributed by atoms with van der Waals surface area (Å²) in [7, 11) is 0. The molecule has 19 heavy (non-hydrogen) atoms. The summed E-state index contributed by atoms with van der Waals surface area (Å²) in [6, 6.07) is 4.91. The van der Waals surface area contributed by atoms with Crippen LogP contribution in [0.25, 0.3) is 0 Å². The number of carbonyl (C=O) groups is 1. The lowest BCUT2D eigenvalue weighted by atomic mass is 10.2. The van der Waals surface area contributed by atoms with Gasteiger partial charge in [0.1, 0.15) is 0 Å². The summed E-state index contributed by atoms with van der Waals surface area (Å²) in [5.41, 5.74) is 1.14. The lowest BCUT2D eigenvalue weighted by Gasteiger charge is -2.09. The van der Waals surface area contributed by atoms with Crippen LogP contribution in [0.4, 0.5) is 5.69 Å². The summed E-state index contributed by atoms with van der Waals surface area (Å²) in [5, 5.41) is 19.7. The molecule has 0 atom stereocenters. The average molecular weight is 325 g/mol. The first-order chi connectivity index (χ1) is 9.16. The van der Waals surface area contributed by atoms with E-state index in [2.05, 4.69) is 31.6 Å². The SMILES string of the molecule is O=C(O)c1ccc(NCCCn2ccnn2)c(Br)c1. The number of nitrogens with one attached hydrogen (secondary N) is 1. The fourth-order valence-electron chi connectivity index (χ4n) is 1.61. The molecule has 100 valence electrons. The lowest BCUT2D eigenvalue weighted by Crippen LogP contribution is -2.08. The van der Waals surface area contributed by atoms with E-state index in [1.54, 1.807) is 29.1 Å². The number of carboxylic acids is 1. The monoisotopic (exact) mass is 324 g/mol. The van der Waals surface area contributed by atoms with Crippen molar-refractivity contribution in [3.63, 3.8) is 0 Å². The average Bonchev–Trinajstić information content (AvgIpc) is 2.89. The Bertz CT molecular complexity index is 557. The maximum absolute atomic E-state index is 10.8. The quantitative estimate of drug-likeness (QED) is 0.796. The van der Waals surface area contributed by atoms with Crippen LogP contribution in [0, 0.1) is 0 Å². The molecule has 1 aromatic carbocycles. The number of halogens is 1. The molecule has 0 unspecified atom stereocenters. The molecule has 1 heterocycles. The number of nitrogens with zero attached hydrogens (tertiary/aromatic N) is 3. The largest absolute Gasteiger partial charge is 0.478 e. The van der Waals surface area contributed by atoms with Gasteiger partial charge in [0.2, 0.25) is 0 Å². The van der Waals surface area contributed by atoms with Gasteiger partial charge in [-0.3, -0.25) is 4.68 Å². The zero-order valence-corrected chi connectivity index (χ0v) is 11.7. The van der Waals surface area contributed by atoms with Crippen LogP contribution in [0.3, 0.4) is 0 Å². The number of aromatic nitrogens is 3. The highest BCUT2D eigenvalue weighted by Crippen LogP contribution is 2.23. The highest BCUT2D eigenvalue weighted by molar-refractivity contribution is 9.10. The van der Waals surface area contributed by atoms with Crippen molar-refractivity contribution in [1.29, 1.82) is 0 Å². The fraction of sp³-hybridized carbons (Fsp3) is 0.250. The van der Waals surface area contributed by atoms with Crippen molar-refractivity contribution in [3.05, 3.63) is 40.6 Å². The van der Waals surface area contributed by atoms with Crippen LogP contribution < -0.4 is 5.32 Å². The van der Waals surface area contributed by atoms with E-state index in [9.17, 15) is 4.79 Å². The third-order valence-corrected chi connectivity index (χ3v) is 3.22. The van der Waals surface area contributed by atoms with E-state index in [0.29, 0.717) is 0 Å². The summed E-state index contributed by atoms with van der Waals surface area (Å²) in [4.78, 5) is 10.8. The molecule has 7 heteroatoms. The Kier molecular flexibility index (Phi) is 4.51. The molecule has 0 fully saturated rings.